The summed E-state index contributed by atoms with van der Waals surface area (Å²) in [4.78, 5) is 6.04. The summed E-state index contributed by atoms with van der Waals surface area (Å²) in [6.45, 7) is 9.76. The van der Waals surface area contributed by atoms with Crippen molar-refractivity contribution in [2.75, 3.05) is 5.75 Å². The van der Waals surface area contributed by atoms with Crippen molar-refractivity contribution in [3.63, 3.8) is 0 Å². The molecule has 0 fully saturated rings. The standard InChI is InChI=1S/C13H24N2S2/c1-5-7-16-9-13-15-11(4)12(17-13)8-14-10(3)6-2/h10,14H,5-9H2,1-4H3. The third kappa shape index (κ3) is 5.40. The molecule has 0 saturated carbocycles. The van der Waals surface area contributed by atoms with E-state index in [2.05, 4.69) is 38.0 Å². The van der Waals surface area contributed by atoms with Gasteiger partial charge in [-0.15, -0.1) is 11.3 Å². The van der Waals surface area contributed by atoms with Crippen LogP contribution >= 0.6 is 23.1 Å². The van der Waals surface area contributed by atoms with Crippen LogP contribution in [0.1, 0.15) is 49.2 Å². The van der Waals surface area contributed by atoms with E-state index in [9.17, 15) is 0 Å². The Morgan fingerprint density at radius 1 is 1.41 bits per heavy atom. The van der Waals surface area contributed by atoms with Gasteiger partial charge in [-0.1, -0.05) is 13.8 Å². The van der Waals surface area contributed by atoms with Gasteiger partial charge in [0.1, 0.15) is 5.01 Å². The van der Waals surface area contributed by atoms with E-state index in [1.165, 1.54) is 34.2 Å². The first-order valence-corrected chi connectivity index (χ1v) is 8.40. The van der Waals surface area contributed by atoms with E-state index in [0.29, 0.717) is 6.04 Å². The van der Waals surface area contributed by atoms with Gasteiger partial charge in [0.15, 0.2) is 0 Å². The van der Waals surface area contributed by atoms with Gasteiger partial charge in [0.2, 0.25) is 0 Å². The number of hydrogen-bond donors (Lipinski definition) is 1. The Hall–Kier alpha value is -0.0600. The summed E-state index contributed by atoms with van der Waals surface area (Å²) >= 11 is 3.85. The van der Waals surface area contributed by atoms with Gasteiger partial charge in [0.25, 0.3) is 0 Å². The van der Waals surface area contributed by atoms with Crippen molar-refractivity contribution in [1.29, 1.82) is 0 Å². The van der Waals surface area contributed by atoms with Gasteiger partial charge < -0.3 is 5.32 Å². The summed E-state index contributed by atoms with van der Waals surface area (Å²) in [6.07, 6.45) is 2.43. The summed E-state index contributed by atoms with van der Waals surface area (Å²) in [5, 5.41) is 4.81. The summed E-state index contributed by atoms with van der Waals surface area (Å²) in [6, 6.07) is 0.592. The maximum Gasteiger partial charge on any atom is 0.103 e. The second-order valence-electron chi connectivity index (χ2n) is 4.36. The molecule has 0 saturated heterocycles. The predicted molar refractivity (Wildman–Crippen MR) is 79.9 cm³/mol. The van der Waals surface area contributed by atoms with Crippen LogP contribution in [0.2, 0.25) is 0 Å². The lowest BCUT2D eigenvalue weighted by Gasteiger charge is -2.09. The molecular formula is C13H24N2S2. The van der Waals surface area contributed by atoms with E-state index in [4.69, 9.17) is 0 Å². The summed E-state index contributed by atoms with van der Waals surface area (Å²) in [5.74, 6) is 2.31. The van der Waals surface area contributed by atoms with Crippen molar-refractivity contribution in [2.45, 2.75) is 58.9 Å². The molecule has 0 bridgehead atoms. The average Bonchev–Trinajstić information content (AvgIpc) is 2.67. The molecular weight excluding hydrogens is 248 g/mol. The number of hydrogen-bond acceptors (Lipinski definition) is 4. The Balaban J connectivity index is 2.44. The van der Waals surface area contributed by atoms with Crippen molar-refractivity contribution in [3.8, 4) is 0 Å². The van der Waals surface area contributed by atoms with E-state index >= 15 is 0 Å². The number of nitrogens with one attached hydrogen (secondary N) is 1. The minimum Gasteiger partial charge on any atom is -0.309 e. The van der Waals surface area contributed by atoms with Gasteiger partial charge in [-0.2, -0.15) is 11.8 Å². The number of rotatable bonds is 8. The zero-order chi connectivity index (χ0) is 12.7. The number of thiazole rings is 1. The van der Waals surface area contributed by atoms with Gasteiger partial charge in [-0.3, -0.25) is 0 Å². The number of aryl methyl sites for hydroxylation is 1. The lowest BCUT2D eigenvalue weighted by atomic mass is 10.2. The van der Waals surface area contributed by atoms with E-state index in [1.54, 1.807) is 0 Å². The highest BCUT2D eigenvalue weighted by Crippen LogP contribution is 2.22. The van der Waals surface area contributed by atoms with Crippen molar-refractivity contribution in [2.24, 2.45) is 0 Å². The Morgan fingerprint density at radius 3 is 2.82 bits per heavy atom. The molecule has 0 aromatic carbocycles. The maximum atomic E-state index is 4.64. The second-order valence-corrected chi connectivity index (χ2v) is 6.63. The van der Waals surface area contributed by atoms with E-state index < -0.39 is 0 Å². The minimum absolute atomic E-state index is 0.592. The molecule has 4 heteroatoms. The lowest BCUT2D eigenvalue weighted by molar-refractivity contribution is 0.536. The van der Waals surface area contributed by atoms with Crippen molar-refractivity contribution in [1.82, 2.24) is 10.3 Å². The summed E-state index contributed by atoms with van der Waals surface area (Å²) in [7, 11) is 0. The van der Waals surface area contributed by atoms with Crippen LogP contribution in [0.4, 0.5) is 0 Å². The molecule has 1 rings (SSSR count). The van der Waals surface area contributed by atoms with Crippen LogP contribution in [0.5, 0.6) is 0 Å². The molecule has 1 aromatic rings. The summed E-state index contributed by atoms with van der Waals surface area (Å²) in [5.41, 5.74) is 1.21. The number of nitrogens with zero attached hydrogens (tertiary/aromatic N) is 1. The second kappa shape index (κ2) is 8.11. The molecule has 0 spiro atoms. The summed E-state index contributed by atoms with van der Waals surface area (Å²) < 4.78 is 0. The Labute approximate surface area is 114 Å². The van der Waals surface area contributed by atoms with E-state index in [0.717, 1.165) is 12.3 Å². The van der Waals surface area contributed by atoms with Crippen molar-refractivity contribution in [3.05, 3.63) is 15.6 Å². The number of thioether (sulfide) groups is 1. The molecule has 0 amide bonds. The molecule has 1 atom stereocenters. The lowest BCUT2D eigenvalue weighted by Crippen LogP contribution is -2.24. The normalized spacial score (nSPS) is 12.9. The van der Waals surface area contributed by atoms with Crippen LogP contribution in [0, 0.1) is 6.92 Å². The highest BCUT2D eigenvalue weighted by atomic mass is 32.2. The first-order chi connectivity index (χ1) is 8.17. The molecule has 0 aliphatic heterocycles. The molecule has 1 unspecified atom stereocenters. The molecule has 2 nitrogen and oxygen atoms in total. The fourth-order valence-corrected chi connectivity index (χ4v) is 3.40. The quantitative estimate of drug-likeness (QED) is 0.725. The Kier molecular flexibility index (Phi) is 7.16. The van der Waals surface area contributed by atoms with Crippen LogP contribution in [-0.4, -0.2) is 16.8 Å². The SMILES string of the molecule is CCCSCc1nc(C)c(CNC(C)CC)s1. The molecule has 0 aliphatic rings. The van der Waals surface area contributed by atoms with Gasteiger partial charge in [-0.25, -0.2) is 4.98 Å². The highest BCUT2D eigenvalue weighted by molar-refractivity contribution is 7.98. The molecule has 1 heterocycles. The van der Waals surface area contributed by atoms with E-state index in [-0.39, 0.29) is 0 Å². The topological polar surface area (TPSA) is 24.9 Å². The van der Waals surface area contributed by atoms with Crippen LogP contribution in [-0.2, 0) is 12.3 Å². The first kappa shape index (κ1) is 15.0. The zero-order valence-electron chi connectivity index (χ0n) is 11.4. The van der Waals surface area contributed by atoms with Gasteiger partial charge >= 0.3 is 0 Å². The van der Waals surface area contributed by atoms with Crippen molar-refractivity contribution < 1.29 is 0 Å². The zero-order valence-corrected chi connectivity index (χ0v) is 13.0. The third-order valence-electron chi connectivity index (χ3n) is 2.73. The molecule has 0 aliphatic carbocycles. The number of aromatic nitrogens is 1. The first-order valence-electron chi connectivity index (χ1n) is 6.43. The fourth-order valence-electron chi connectivity index (χ4n) is 1.43. The van der Waals surface area contributed by atoms with Gasteiger partial charge in [-0.05, 0) is 32.4 Å². The fraction of sp³-hybridized carbons (Fsp3) is 0.769. The Bertz CT molecular complexity index is 323. The van der Waals surface area contributed by atoms with Crippen LogP contribution in [0.25, 0.3) is 0 Å². The molecule has 17 heavy (non-hydrogen) atoms. The predicted octanol–water partition coefficient (Wildman–Crippen LogP) is 3.98. The molecule has 98 valence electrons. The van der Waals surface area contributed by atoms with Crippen molar-refractivity contribution >= 4 is 23.1 Å². The highest BCUT2D eigenvalue weighted by Gasteiger charge is 2.08. The molecule has 1 N–H and O–H groups in total. The van der Waals surface area contributed by atoms with Crippen LogP contribution < -0.4 is 5.32 Å². The largest absolute Gasteiger partial charge is 0.309 e. The monoisotopic (exact) mass is 272 g/mol. The molecule has 0 radical (unpaired) electrons. The minimum atomic E-state index is 0.592. The van der Waals surface area contributed by atoms with Gasteiger partial charge in [0.05, 0.1) is 5.69 Å². The van der Waals surface area contributed by atoms with E-state index in [1.807, 2.05) is 23.1 Å². The van der Waals surface area contributed by atoms with Crippen LogP contribution in [0.3, 0.4) is 0 Å². The molecule has 1 aromatic heterocycles. The smallest absolute Gasteiger partial charge is 0.103 e. The third-order valence-corrected chi connectivity index (χ3v) is 5.25. The Morgan fingerprint density at radius 2 is 2.18 bits per heavy atom. The maximum absolute atomic E-state index is 4.64. The van der Waals surface area contributed by atoms with Gasteiger partial charge in [0, 0.05) is 23.2 Å². The average molecular weight is 272 g/mol. The van der Waals surface area contributed by atoms with Crippen LogP contribution in [0.15, 0.2) is 0 Å².